The molecule has 8 heteroatoms. The summed E-state index contributed by atoms with van der Waals surface area (Å²) in [4.78, 5) is 8.60. The van der Waals surface area contributed by atoms with Gasteiger partial charge in [0, 0.05) is 16.8 Å². The molecule has 1 aromatic heterocycles. The molecular weight excluding hydrogens is 399 g/mol. The van der Waals surface area contributed by atoms with Crippen LogP contribution in [0, 0.1) is 5.92 Å². The number of hydrogen-bond donors (Lipinski definition) is 1. The Morgan fingerprint density at radius 3 is 2.34 bits per heavy atom. The van der Waals surface area contributed by atoms with Crippen molar-refractivity contribution < 1.29 is 17.9 Å². The molecule has 3 aromatic rings. The largest absolute Gasteiger partial charge is 0.493 e. The maximum atomic E-state index is 13.4. The summed E-state index contributed by atoms with van der Waals surface area (Å²) in [5, 5.41) is 2.79. The van der Waals surface area contributed by atoms with Crippen LogP contribution in [0.4, 0.5) is 24.8 Å². The van der Waals surface area contributed by atoms with Gasteiger partial charge in [0.1, 0.15) is 16.3 Å². The average Bonchev–Trinajstić information content (AvgIpc) is 2.67. The Morgan fingerprint density at radius 2 is 1.72 bits per heavy atom. The van der Waals surface area contributed by atoms with Gasteiger partial charge in [-0.2, -0.15) is 13.2 Å². The van der Waals surface area contributed by atoms with Gasteiger partial charge in [-0.3, -0.25) is 0 Å². The molecule has 0 spiro atoms. The normalized spacial score (nSPS) is 11.5. The van der Waals surface area contributed by atoms with Crippen molar-refractivity contribution in [2.24, 2.45) is 5.92 Å². The number of benzene rings is 2. The molecule has 1 N–H and O–H groups in total. The zero-order chi connectivity index (χ0) is 20.9. The molecule has 0 saturated carbocycles. The lowest BCUT2D eigenvalue weighted by Gasteiger charge is -2.13. The first-order valence-corrected chi connectivity index (χ1v) is 9.80. The molecule has 0 radical (unpaired) electrons. The van der Waals surface area contributed by atoms with Crippen LogP contribution >= 0.6 is 11.8 Å². The topological polar surface area (TPSA) is 47.0 Å². The van der Waals surface area contributed by atoms with Crippen LogP contribution in [0.5, 0.6) is 5.75 Å². The number of nitrogens with one attached hydrogen (secondary N) is 1. The number of rotatable bonds is 7. The Labute approximate surface area is 171 Å². The van der Waals surface area contributed by atoms with Crippen LogP contribution in [0.15, 0.2) is 70.7 Å². The number of ether oxygens (including phenoxy) is 1. The van der Waals surface area contributed by atoms with Crippen LogP contribution in [0.1, 0.15) is 19.4 Å². The zero-order valence-electron chi connectivity index (χ0n) is 15.9. The molecule has 152 valence electrons. The molecule has 0 atom stereocenters. The highest BCUT2D eigenvalue weighted by Crippen LogP contribution is 2.38. The Bertz CT molecular complexity index is 932. The maximum absolute atomic E-state index is 13.4. The summed E-state index contributed by atoms with van der Waals surface area (Å²) in [5.41, 5.74) is -0.216. The summed E-state index contributed by atoms with van der Waals surface area (Å²) < 4.78 is 45.7. The third-order valence-corrected chi connectivity index (χ3v) is 4.72. The van der Waals surface area contributed by atoms with Crippen molar-refractivity contribution in [1.82, 2.24) is 9.97 Å². The molecule has 0 unspecified atom stereocenters. The summed E-state index contributed by atoms with van der Waals surface area (Å²) in [6, 6.07) is 15.9. The van der Waals surface area contributed by atoms with E-state index in [-0.39, 0.29) is 11.0 Å². The van der Waals surface area contributed by atoms with Crippen LogP contribution < -0.4 is 10.1 Å². The van der Waals surface area contributed by atoms with Gasteiger partial charge in [0.05, 0.1) is 6.61 Å². The first-order chi connectivity index (χ1) is 13.8. The molecule has 0 aliphatic rings. The van der Waals surface area contributed by atoms with E-state index in [0.29, 0.717) is 23.1 Å². The molecular formula is C21H20F3N3OS. The van der Waals surface area contributed by atoms with Crippen molar-refractivity contribution in [2.75, 3.05) is 11.9 Å². The second kappa shape index (κ2) is 9.17. The first kappa shape index (κ1) is 21.0. The van der Waals surface area contributed by atoms with Gasteiger partial charge in [0.15, 0.2) is 0 Å². The third-order valence-electron chi connectivity index (χ3n) is 3.71. The highest BCUT2D eigenvalue weighted by atomic mass is 32.2. The lowest BCUT2D eigenvalue weighted by atomic mass is 10.2. The molecule has 0 aliphatic heterocycles. The Hall–Kier alpha value is -2.74. The van der Waals surface area contributed by atoms with Crippen LogP contribution in [-0.2, 0) is 6.18 Å². The summed E-state index contributed by atoms with van der Waals surface area (Å²) in [7, 11) is 0. The maximum Gasteiger partial charge on any atom is 0.420 e. The SMILES string of the molecule is CC(C)COc1ccc(Nc2ncc(C(F)(F)F)c(Sc3ccccc3)n2)cc1. The minimum atomic E-state index is -4.54. The molecule has 2 aromatic carbocycles. The van der Waals surface area contributed by atoms with Crippen molar-refractivity contribution in [2.45, 2.75) is 29.9 Å². The molecule has 29 heavy (non-hydrogen) atoms. The zero-order valence-corrected chi connectivity index (χ0v) is 16.7. The van der Waals surface area contributed by atoms with E-state index >= 15 is 0 Å². The first-order valence-electron chi connectivity index (χ1n) is 8.98. The summed E-state index contributed by atoms with van der Waals surface area (Å²) in [6.07, 6.45) is -3.73. The van der Waals surface area contributed by atoms with Crippen molar-refractivity contribution in [1.29, 1.82) is 0 Å². The fourth-order valence-corrected chi connectivity index (χ4v) is 3.25. The van der Waals surface area contributed by atoms with E-state index in [1.165, 1.54) is 0 Å². The van der Waals surface area contributed by atoms with E-state index in [1.807, 2.05) is 0 Å². The summed E-state index contributed by atoms with van der Waals surface area (Å²) in [6.45, 7) is 4.72. The van der Waals surface area contributed by atoms with Gasteiger partial charge in [-0.25, -0.2) is 9.97 Å². The standard InChI is InChI=1S/C21H20F3N3OS/c1-14(2)13-28-16-10-8-15(9-11-16)26-20-25-12-18(21(22,23)24)19(27-20)29-17-6-4-3-5-7-17/h3-12,14H,13H2,1-2H3,(H,25,26,27). The van der Waals surface area contributed by atoms with Gasteiger partial charge in [0.25, 0.3) is 0 Å². The van der Waals surface area contributed by atoms with E-state index in [0.717, 1.165) is 23.7 Å². The van der Waals surface area contributed by atoms with Crippen LogP contribution in [0.3, 0.4) is 0 Å². The lowest BCUT2D eigenvalue weighted by molar-refractivity contribution is -0.140. The number of aromatic nitrogens is 2. The number of anilines is 2. The third kappa shape index (κ3) is 6.12. The second-order valence-corrected chi connectivity index (χ2v) is 7.74. The van der Waals surface area contributed by atoms with Gasteiger partial charge in [-0.15, -0.1) is 0 Å². The number of hydrogen-bond acceptors (Lipinski definition) is 5. The van der Waals surface area contributed by atoms with Gasteiger partial charge in [0.2, 0.25) is 5.95 Å². The van der Waals surface area contributed by atoms with Crippen molar-refractivity contribution in [3.8, 4) is 5.75 Å². The Kier molecular flexibility index (Phi) is 6.64. The lowest BCUT2D eigenvalue weighted by Crippen LogP contribution is -2.10. The predicted octanol–water partition coefficient (Wildman–Crippen LogP) is 6.43. The molecule has 3 rings (SSSR count). The number of alkyl halides is 3. The molecule has 4 nitrogen and oxygen atoms in total. The van der Waals surface area contributed by atoms with E-state index in [2.05, 4.69) is 29.1 Å². The Morgan fingerprint density at radius 1 is 1.03 bits per heavy atom. The average molecular weight is 419 g/mol. The molecule has 0 fully saturated rings. The molecule has 0 saturated heterocycles. The minimum Gasteiger partial charge on any atom is -0.493 e. The highest BCUT2D eigenvalue weighted by Gasteiger charge is 2.35. The quantitative estimate of drug-likeness (QED) is 0.448. The molecule has 1 heterocycles. The van der Waals surface area contributed by atoms with Crippen molar-refractivity contribution >= 4 is 23.4 Å². The van der Waals surface area contributed by atoms with E-state index < -0.39 is 11.7 Å². The van der Waals surface area contributed by atoms with E-state index in [4.69, 9.17) is 4.74 Å². The minimum absolute atomic E-state index is 0.0901. The summed E-state index contributed by atoms with van der Waals surface area (Å²) in [5.74, 6) is 1.22. The fourth-order valence-electron chi connectivity index (χ4n) is 2.33. The van der Waals surface area contributed by atoms with Gasteiger partial charge in [-0.1, -0.05) is 43.8 Å². The van der Waals surface area contributed by atoms with Crippen molar-refractivity contribution in [3.05, 3.63) is 66.4 Å². The Balaban J connectivity index is 1.80. The number of nitrogens with zero attached hydrogens (tertiary/aromatic N) is 2. The molecule has 0 bridgehead atoms. The van der Waals surface area contributed by atoms with Crippen molar-refractivity contribution in [3.63, 3.8) is 0 Å². The van der Waals surface area contributed by atoms with Gasteiger partial charge < -0.3 is 10.1 Å². The monoisotopic (exact) mass is 419 g/mol. The second-order valence-electron chi connectivity index (χ2n) is 6.68. The van der Waals surface area contributed by atoms with E-state index in [1.54, 1.807) is 54.6 Å². The fraction of sp³-hybridized carbons (Fsp3) is 0.238. The van der Waals surface area contributed by atoms with Gasteiger partial charge in [-0.05, 0) is 42.3 Å². The summed E-state index contributed by atoms with van der Waals surface area (Å²) >= 11 is 0.946. The highest BCUT2D eigenvalue weighted by molar-refractivity contribution is 7.99. The van der Waals surface area contributed by atoms with Crippen LogP contribution in [-0.4, -0.2) is 16.6 Å². The number of halogens is 3. The van der Waals surface area contributed by atoms with Crippen LogP contribution in [0.25, 0.3) is 0 Å². The molecule has 0 aliphatic carbocycles. The van der Waals surface area contributed by atoms with Crippen LogP contribution in [0.2, 0.25) is 0 Å². The van der Waals surface area contributed by atoms with E-state index in [9.17, 15) is 13.2 Å². The smallest absolute Gasteiger partial charge is 0.420 e. The van der Waals surface area contributed by atoms with Gasteiger partial charge >= 0.3 is 6.18 Å². The molecule has 0 amide bonds. The predicted molar refractivity (Wildman–Crippen MR) is 108 cm³/mol.